The maximum Gasteiger partial charge on any atom is 0.245 e. The molecule has 172 valence electrons. The van der Waals surface area contributed by atoms with Crippen LogP contribution in [0.3, 0.4) is 0 Å². The third-order valence-electron chi connectivity index (χ3n) is 5.76. The van der Waals surface area contributed by atoms with Crippen molar-refractivity contribution in [3.8, 4) is 10.4 Å². The molecule has 0 aliphatic carbocycles. The normalized spacial score (nSPS) is 23.5. The number of carbonyl (C=O) groups is 1. The zero-order chi connectivity index (χ0) is 22.4. The third-order valence-corrected chi connectivity index (χ3v) is 8.95. The number of hydrogen-bond acceptors (Lipinski definition) is 6. The average Bonchev–Trinajstić information content (AvgIpc) is 3.30. The second kappa shape index (κ2) is 11.1. The van der Waals surface area contributed by atoms with Crippen LogP contribution in [0.4, 0.5) is 5.69 Å². The highest BCUT2D eigenvalue weighted by Crippen LogP contribution is 2.51. The number of hydroxylamine groups is 1. The lowest BCUT2D eigenvalue weighted by molar-refractivity contribution is -0.200. The van der Waals surface area contributed by atoms with Crippen molar-refractivity contribution < 1.29 is 14.4 Å². The molecule has 4 rings (SSSR count). The van der Waals surface area contributed by atoms with E-state index in [4.69, 9.17) is 21.8 Å². The SMILES string of the molecule is CC(=S)Nc1cccc(-c2ccc([C@@]3(CC(=O)NOC4CCCCO4)CCCCS3)s2)c1. The standard InChI is InChI=1S/C24H30N2O3S3/c1-17(30)25-19-8-6-7-18(15-19)20-10-11-21(32-20)24(12-3-5-14-31-24)16-22(27)26-29-23-9-2-4-13-28-23/h6-8,10-11,15,23H,2-5,9,12-14,16H2,1H3,(H,25,30)(H,26,27)/t23?,24-/m0/s1. The van der Waals surface area contributed by atoms with E-state index in [1.807, 2.05) is 30.8 Å². The number of thiocarbonyl (C=S) groups is 1. The van der Waals surface area contributed by atoms with Crippen molar-refractivity contribution >= 4 is 51.9 Å². The molecule has 0 spiro atoms. The van der Waals surface area contributed by atoms with E-state index >= 15 is 0 Å². The minimum Gasteiger partial charge on any atom is -0.350 e. The first-order valence-corrected chi connectivity index (χ1v) is 13.4. The molecule has 2 fully saturated rings. The van der Waals surface area contributed by atoms with Gasteiger partial charge in [0, 0.05) is 34.9 Å². The van der Waals surface area contributed by atoms with Crippen LogP contribution in [0, 0.1) is 0 Å². The number of amides is 1. The van der Waals surface area contributed by atoms with E-state index < -0.39 is 0 Å². The number of carbonyl (C=O) groups excluding carboxylic acids is 1. The fourth-order valence-electron chi connectivity index (χ4n) is 4.20. The lowest BCUT2D eigenvalue weighted by atomic mass is 9.94. The summed E-state index contributed by atoms with van der Waals surface area (Å²) in [5, 5.41) is 3.21. The highest BCUT2D eigenvalue weighted by atomic mass is 32.2. The van der Waals surface area contributed by atoms with E-state index in [-0.39, 0.29) is 16.9 Å². The predicted octanol–water partition coefficient (Wildman–Crippen LogP) is 6.25. The Labute approximate surface area is 203 Å². The van der Waals surface area contributed by atoms with Crippen LogP contribution in [0.15, 0.2) is 36.4 Å². The van der Waals surface area contributed by atoms with Gasteiger partial charge < -0.3 is 10.1 Å². The molecular formula is C24H30N2O3S3. The summed E-state index contributed by atoms with van der Waals surface area (Å²) < 4.78 is 5.36. The van der Waals surface area contributed by atoms with Gasteiger partial charge in [-0.25, -0.2) is 10.3 Å². The largest absolute Gasteiger partial charge is 0.350 e. The number of nitrogens with one attached hydrogen (secondary N) is 2. The second-order valence-electron chi connectivity index (χ2n) is 8.34. The van der Waals surface area contributed by atoms with Crippen molar-refractivity contribution in [2.45, 2.75) is 62.9 Å². The zero-order valence-corrected chi connectivity index (χ0v) is 20.8. The summed E-state index contributed by atoms with van der Waals surface area (Å²) in [7, 11) is 0. The lowest BCUT2D eigenvalue weighted by Gasteiger charge is -2.35. The van der Waals surface area contributed by atoms with E-state index in [9.17, 15) is 4.79 Å². The van der Waals surface area contributed by atoms with Gasteiger partial charge in [-0.2, -0.15) is 0 Å². The number of rotatable bonds is 7. The van der Waals surface area contributed by atoms with E-state index in [1.165, 1.54) is 16.2 Å². The van der Waals surface area contributed by atoms with Gasteiger partial charge in [0.1, 0.15) is 0 Å². The van der Waals surface area contributed by atoms with Crippen molar-refractivity contribution in [2.75, 3.05) is 17.7 Å². The van der Waals surface area contributed by atoms with E-state index in [0.717, 1.165) is 54.1 Å². The molecule has 1 amide bonds. The van der Waals surface area contributed by atoms with Crippen LogP contribution in [0.1, 0.15) is 56.7 Å². The predicted molar refractivity (Wildman–Crippen MR) is 137 cm³/mol. The Hall–Kier alpha value is -1.45. The Morgan fingerprint density at radius 1 is 1.25 bits per heavy atom. The number of hydrogen-bond donors (Lipinski definition) is 2. The molecule has 2 aromatic rings. The zero-order valence-electron chi connectivity index (χ0n) is 18.4. The molecule has 1 aromatic heterocycles. The van der Waals surface area contributed by atoms with Crippen molar-refractivity contribution in [3.05, 3.63) is 41.3 Å². The first kappa shape index (κ1) is 23.7. The highest BCUT2D eigenvalue weighted by molar-refractivity contribution is 8.00. The Morgan fingerprint density at radius 3 is 2.91 bits per heavy atom. The van der Waals surface area contributed by atoms with Gasteiger partial charge in [0.05, 0.1) is 9.74 Å². The molecule has 0 bridgehead atoms. The van der Waals surface area contributed by atoms with Gasteiger partial charge in [0.2, 0.25) is 5.91 Å². The van der Waals surface area contributed by atoms with Crippen LogP contribution < -0.4 is 10.8 Å². The van der Waals surface area contributed by atoms with Gasteiger partial charge in [-0.15, -0.1) is 23.1 Å². The smallest absolute Gasteiger partial charge is 0.245 e. The Balaban J connectivity index is 1.48. The summed E-state index contributed by atoms with van der Waals surface area (Å²) in [6.07, 6.45) is 6.36. The summed E-state index contributed by atoms with van der Waals surface area (Å²) in [5.41, 5.74) is 4.81. The second-order valence-corrected chi connectivity index (χ2v) is 11.5. The van der Waals surface area contributed by atoms with Crippen molar-refractivity contribution in [1.29, 1.82) is 0 Å². The molecule has 2 aliphatic heterocycles. The number of thioether (sulfide) groups is 1. The lowest BCUT2D eigenvalue weighted by Crippen LogP contribution is -2.37. The van der Waals surface area contributed by atoms with Crippen LogP contribution >= 0.6 is 35.3 Å². The minimum absolute atomic E-state index is 0.0776. The number of thiophene rings is 1. The van der Waals surface area contributed by atoms with E-state index in [0.29, 0.717) is 13.0 Å². The summed E-state index contributed by atoms with van der Waals surface area (Å²) in [5.74, 6) is 0.992. The number of ether oxygens (including phenoxy) is 1. The fraction of sp³-hybridized carbons (Fsp3) is 0.500. The van der Waals surface area contributed by atoms with Gasteiger partial charge in [0.25, 0.3) is 0 Å². The minimum atomic E-state index is -0.326. The molecule has 0 saturated carbocycles. The molecule has 1 aromatic carbocycles. The van der Waals surface area contributed by atoms with Gasteiger partial charge >= 0.3 is 0 Å². The molecule has 2 atom stereocenters. The molecule has 5 nitrogen and oxygen atoms in total. The van der Waals surface area contributed by atoms with Crippen LogP contribution in [0.2, 0.25) is 0 Å². The quantitative estimate of drug-likeness (QED) is 0.353. The van der Waals surface area contributed by atoms with Crippen LogP contribution in [0.25, 0.3) is 10.4 Å². The molecular weight excluding hydrogens is 460 g/mol. The Morgan fingerprint density at radius 2 is 2.16 bits per heavy atom. The monoisotopic (exact) mass is 490 g/mol. The molecule has 8 heteroatoms. The number of benzene rings is 1. The molecule has 1 unspecified atom stereocenters. The molecule has 0 radical (unpaired) electrons. The first-order valence-electron chi connectivity index (χ1n) is 11.2. The molecule has 32 heavy (non-hydrogen) atoms. The molecule has 2 N–H and O–H groups in total. The summed E-state index contributed by atoms with van der Waals surface area (Å²) >= 11 is 8.86. The maximum atomic E-state index is 12.8. The van der Waals surface area contributed by atoms with Crippen LogP contribution in [-0.4, -0.2) is 29.5 Å². The van der Waals surface area contributed by atoms with Crippen LogP contribution in [0.5, 0.6) is 0 Å². The first-order chi connectivity index (χ1) is 15.5. The van der Waals surface area contributed by atoms with Crippen molar-refractivity contribution in [2.24, 2.45) is 0 Å². The summed E-state index contributed by atoms with van der Waals surface area (Å²) in [6, 6.07) is 12.7. The van der Waals surface area contributed by atoms with Gasteiger partial charge in [0.15, 0.2) is 6.29 Å². The Bertz CT molecular complexity index is 934. The fourth-order valence-corrected chi connectivity index (χ4v) is 7.20. The van der Waals surface area contributed by atoms with Crippen molar-refractivity contribution in [1.82, 2.24) is 5.48 Å². The maximum absolute atomic E-state index is 12.8. The molecule has 3 heterocycles. The summed E-state index contributed by atoms with van der Waals surface area (Å²) in [4.78, 5) is 21.6. The summed E-state index contributed by atoms with van der Waals surface area (Å²) in [6.45, 7) is 2.57. The van der Waals surface area contributed by atoms with Gasteiger partial charge in [-0.3, -0.25) is 4.79 Å². The average molecular weight is 491 g/mol. The third kappa shape index (κ3) is 6.11. The topological polar surface area (TPSA) is 59.6 Å². The highest BCUT2D eigenvalue weighted by Gasteiger charge is 2.38. The van der Waals surface area contributed by atoms with E-state index in [2.05, 4.69) is 35.1 Å². The van der Waals surface area contributed by atoms with Crippen molar-refractivity contribution in [3.63, 3.8) is 0 Å². The molecule has 2 aliphatic rings. The van der Waals surface area contributed by atoms with Gasteiger partial charge in [-0.05, 0) is 68.2 Å². The molecule has 2 saturated heterocycles. The van der Waals surface area contributed by atoms with Gasteiger partial charge in [-0.1, -0.05) is 30.8 Å². The Kier molecular flexibility index (Phi) is 8.23. The van der Waals surface area contributed by atoms with Crippen LogP contribution in [-0.2, 0) is 19.1 Å². The van der Waals surface area contributed by atoms with E-state index in [1.54, 1.807) is 11.3 Å². The number of anilines is 1.